The molecular weight excluding hydrogens is 392 g/mol. The van der Waals surface area contributed by atoms with Gasteiger partial charge in [0.25, 0.3) is 0 Å². The van der Waals surface area contributed by atoms with Gasteiger partial charge in [-0.05, 0) is 26.2 Å². The highest BCUT2D eigenvalue weighted by atomic mass is 16.4. The van der Waals surface area contributed by atoms with Crippen LogP contribution in [-0.2, 0) is 9.59 Å². The minimum Gasteiger partial charge on any atom is -0.480 e. The summed E-state index contributed by atoms with van der Waals surface area (Å²) in [5.74, 6) is -1.70. The Labute approximate surface area is 177 Å². The minimum atomic E-state index is -0.930. The van der Waals surface area contributed by atoms with Crippen molar-refractivity contribution in [2.45, 2.75) is 23.9 Å². The van der Waals surface area contributed by atoms with Gasteiger partial charge in [0, 0.05) is 38.3 Å². The Kier molecular flexibility index (Phi) is 12.3. The first-order valence-electron chi connectivity index (χ1n) is 9.41. The van der Waals surface area contributed by atoms with Crippen molar-refractivity contribution in [2.24, 2.45) is 0 Å². The number of rotatable bonds is 7. The monoisotopic (exact) mass is 426 g/mol. The van der Waals surface area contributed by atoms with Gasteiger partial charge in [-0.15, -0.1) is 0 Å². The largest absolute Gasteiger partial charge is 0.480 e. The molecule has 0 bridgehead atoms. The molecule has 8 N–H and O–H groups in total. The number of nitrogens with one attached hydrogen (secondary N) is 4. The molecule has 0 saturated carbocycles. The van der Waals surface area contributed by atoms with Crippen molar-refractivity contribution in [3.63, 3.8) is 0 Å². The lowest BCUT2D eigenvalue weighted by molar-refractivity contribution is -0.143. The molecule has 2 atom stereocenters. The molecule has 0 radical (unpaired) electrons. The first-order valence-corrected chi connectivity index (χ1v) is 9.41. The smallest absolute Gasteiger partial charge is 0.328 e. The van der Waals surface area contributed by atoms with Crippen LogP contribution in [0, 0.1) is 0 Å². The van der Waals surface area contributed by atoms with E-state index in [4.69, 9.17) is 20.4 Å². The second-order valence-electron chi connectivity index (χ2n) is 6.39. The SMILES string of the molecule is CNC1=CCC(NC)(C(=O)O)C=C1.CNC1=CCC(NC)(C(=O)O)C=C1.OCCO. The predicted molar refractivity (Wildman–Crippen MR) is 115 cm³/mol. The van der Waals surface area contributed by atoms with E-state index < -0.39 is 23.0 Å². The van der Waals surface area contributed by atoms with Crippen molar-refractivity contribution in [3.05, 3.63) is 47.9 Å². The maximum Gasteiger partial charge on any atom is 0.328 e. The number of likely N-dealkylation sites (N-methyl/N-ethyl adjacent to an activating group) is 4. The molecule has 10 heteroatoms. The number of carbonyl (C=O) groups is 2. The van der Waals surface area contributed by atoms with Gasteiger partial charge < -0.3 is 41.7 Å². The van der Waals surface area contributed by atoms with E-state index in [-0.39, 0.29) is 13.2 Å². The van der Waals surface area contributed by atoms with Crippen molar-refractivity contribution in [3.8, 4) is 0 Å². The van der Waals surface area contributed by atoms with Crippen molar-refractivity contribution in [1.29, 1.82) is 0 Å². The van der Waals surface area contributed by atoms with E-state index in [2.05, 4.69) is 21.3 Å². The van der Waals surface area contributed by atoms with Crippen LogP contribution in [0.5, 0.6) is 0 Å². The van der Waals surface area contributed by atoms with E-state index in [1.807, 2.05) is 26.2 Å². The van der Waals surface area contributed by atoms with Crippen LogP contribution < -0.4 is 21.3 Å². The average Bonchev–Trinajstić information content (AvgIpc) is 2.79. The van der Waals surface area contributed by atoms with Crippen molar-refractivity contribution in [2.75, 3.05) is 41.4 Å². The molecule has 0 aromatic rings. The molecule has 2 rings (SSSR count). The molecule has 170 valence electrons. The normalized spacial score (nSPS) is 24.2. The quantitative estimate of drug-likeness (QED) is 0.257. The second-order valence-corrected chi connectivity index (χ2v) is 6.39. The van der Waals surface area contributed by atoms with E-state index in [0.717, 1.165) is 11.4 Å². The summed E-state index contributed by atoms with van der Waals surface area (Å²) in [4.78, 5) is 21.9. The van der Waals surface area contributed by atoms with Gasteiger partial charge in [-0.25, -0.2) is 9.59 Å². The lowest BCUT2D eigenvalue weighted by Crippen LogP contribution is -2.49. The molecule has 2 aliphatic rings. The Balaban J connectivity index is 0.000000477. The number of carboxylic acids is 2. The van der Waals surface area contributed by atoms with E-state index in [9.17, 15) is 9.59 Å². The molecule has 30 heavy (non-hydrogen) atoms. The molecule has 0 aromatic carbocycles. The van der Waals surface area contributed by atoms with Gasteiger partial charge in [0.05, 0.1) is 13.2 Å². The van der Waals surface area contributed by atoms with Crippen LogP contribution in [0.4, 0.5) is 0 Å². The van der Waals surface area contributed by atoms with Gasteiger partial charge >= 0.3 is 11.9 Å². The fourth-order valence-electron chi connectivity index (χ4n) is 2.55. The summed E-state index contributed by atoms with van der Waals surface area (Å²) in [7, 11) is 6.92. The average molecular weight is 427 g/mol. The maximum atomic E-state index is 10.9. The van der Waals surface area contributed by atoms with Crippen LogP contribution in [-0.4, -0.2) is 84.8 Å². The van der Waals surface area contributed by atoms with E-state index in [0.29, 0.717) is 12.8 Å². The standard InChI is InChI=1S/2C9H14N2O2.C2H6O2/c2*1-10-7-3-5-9(11-2,6-4-7)8(12)13;3-1-2-4/h2*3-5,10-11H,6H2,1-2H3,(H,12,13);3-4H,1-2H2. The minimum absolute atomic E-state index is 0.125. The van der Waals surface area contributed by atoms with E-state index in [1.165, 1.54) is 0 Å². The van der Waals surface area contributed by atoms with Crippen LogP contribution in [0.25, 0.3) is 0 Å². The number of aliphatic hydroxyl groups excluding tert-OH is 2. The van der Waals surface area contributed by atoms with Crippen LogP contribution in [0.15, 0.2) is 47.9 Å². The molecule has 0 aliphatic heterocycles. The highest BCUT2D eigenvalue weighted by Gasteiger charge is 2.35. The first kappa shape index (κ1) is 27.3. The summed E-state index contributed by atoms with van der Waals surface area (Å²) in [5.41, 5.74) is 0.0417. The third-order valence-electron chi connectivity index (χ3n) is 4.72. The molecular formula is C20H34N4O6. The number of hydrogen-bond acceptors (Lipinski definition) is 8. The summed E-state index contributed by atoms with van der Waals surface area (Å²) < 4.78 is 0. The zero-order chi connectivity index (χ0) is 23.2. The Bertz CT molecular complexity index is 631. The van der Waals surface area contributed by atoms with Gasteiger partial charge in [0.15, 0.2) is 0 Å². The van der Waals surface area contributed by atoms with Crippen LogP contribution in [0.2, 0.25) is 0 Å². The van der Waals surface area contributed by atoms with Crippen LogP contribution in [0.3, 0.4) is 0 Å². The Morgan fingerprint density at radius 1 is 0.800 bits per heavy atom. The molecule has 0 spiro atoms. The number of carboxylic acid groups (broad SMARTS) is 2. The molecule has 2 unspecified atom stereocenters. The van der Waals surface area contributed by atoms with E-state index >= 15 is 0 Å². The maximum absolute atomic E-state index is 10.9. The highest BCUT2D eigenvalue weighted by molar-refractivity contribution is 5.83. The van der Waals surface area contributed by atoms with Crippen LogP contribution >= 0.6 is 0 Å². The summed E-state index contributed by atoms with van der Waals surface area (Å²) >= 11 is 0. The predicted octanol–water partition coefficient (Wildman–Crippen LogP) is -0.844. The van der Waals surface area contributed by atoms with Crippen molar-refractivity contribution < 1.29 is 30.0 Å². The number of hydrogen-bond donors (Lipinski definition) is 8. The zero-order valence-corrected chi connectivity index (χ0v) is 17.9. The fraction of sp³-hybridized carbons (Fsp3) is 0.500. The van der Waals surface area contributed by atoms with Crippen molar-refractivity contribution >= 4 is 11.9 Å². The summed E-state index contributed by atoms with van der Waals surface area (Å²) in [5, 5.41) is 44.7. The molecule has 0 amide bonds. The van der Waals surface area contributed by atoms with Crippen molar-refractivity contribution in [1.82, 2.24) is 21.3 Å². The Morgan fingerprint density at radius 2 is 1.13 bits per heavy atom. The Hall–Kier alpha value is -2.66. The topological polar surface area (TPSA) is 163 Å². The summed E-state index contributed by atoms with van der Waals surface area (Å²) in [6.45, 7) is -0.250. The lowest BCUT2D eigenvalue weighted by atomic mass is 9.90. The van der Waals surface area contributed by atoms with Crippen LogP contribution in [0.1, 0.15) is 12.8 Å². The first-order chi connectivity index (χ1) is 14.2. The molecule has 10 nitrogen and oxygen atoms in total. The van der Waals surface area contributed by atoms with Gasteiger partial charge in [-0.3, -0.25) is 0 Å². The zero-order valence-electron chi connectivity index (χ0n) is 17.9. The van der Waals surface area contributed by atoms with E-state index in [1.54, 1.807) is 38.4 Å². The van der Waals surface area contributed by atoms with Gasteiger partial charge in [-0.1, -0.05) is 24.3 Å². The molecule has 2 aliphatic carbocycles. The highest BCUT2D eigenvalue weighted by Crippen LogP contribution is 2.20. The molecule has 0 saturated heterocycles. The fourth-order valence-corrected chi connectivity index (χ4v) is 2.55. The number of aliphatic hydroxyl groups is 2. The third kappa shape index (κ3) is 7.64. The van der Waals surface area contributed by atoms with Gasteiger partial charge in [0.1, 0.15) is 11.1 Å². The summed E-state index contributed by atoms with van der Waals surface area (Å²) in [6.07, 6.45) is 11.5. The molecule has 0 fully saturated rings. The number of allylic oxidation sites excluding steroid dienone is 2. The second kappa shape index (κ2) is 13.5. The lowest BCUT2D eigenvalue weighted by Gasteiger charge is -2.27. The molecule has 0 heterocycles. The summed E-state index contributed by atoms with van der Waals surface area (Å²) in [6, 6.07) is 0. The Morgan fingerprint density at radius 3 is 1.27 bits per heavy atom. The van der Waals surface area contributed by atoms with Gasteiger partial charge in [-0.2, -0.15) is 0 Å². The third-order valence-corrected chi connectivity index (χ3v) is 4.72. The molecule has 0 aromatic heterocycles. The van der Waals surface area contributed by atoms with Gasteiger partial charge in [0.2, 0.25) is 0 Å². The number of aliphatic carboxylic acids is 2.